The lowest BCUT2D eigenvalue weighted by molar-refractivity contribution is -0.173. The largest absolute Gasteiger partial charge is 0.480 e. The molecule has 2 unspecified atom stereocenters. The summed E-state index contributed by atoms with van der Waals surface area (Å²) < 4.78 is 28.0. The summed E-state index contributed by atoms with van der Waals surface area (Å²) in [7, 11) is -3.32. The number of aliphatic hydroxyl groups is 1. The number of aliphatic carboxylic acids is 1. The molecule has 0 radical (unpaired) electrons. The molecule has 0 amide bonds. The van der Waals surface area contributed by atoms with Crippen molar-refractivity contribution < 1.29 is 33.0 Å². The molecule has 8 heteroatoms. The Labute approximate surface area is 117 Å². The molecule has 1 aliphatic rings. The molecule has 7 nitrogen and oxygen atoms in total. The van der Waals surface area contributed by atoms with Gasteiger partial charge in [-0.05, 0) is 26.2 Å². The average molecular weight is 308 g/mol. The Bertz CT molecular complexity index is 470. The molecule has 0 aromatic heterocycles. The number of esters is 1. The van der Waals surface area contributed by atoms with Crippen molar-refractivity contribution >= 4 is 21.8 Å². The van der Waals surface area contributed by atoms with Gasteiger partial charge in [-0.1, -0.05) is 0 Å². The molecular weight excluding hydrogens is 288 g/mol. The van der Waals surface area contributed by atoms with Crippen molar-refractivity contribution in [1.29, 1.82) is 0 Å². The third-order valence-electron chi connectivity index (χ3n) is 3.68. The molecule has 0 aliphatic carbocycles. The van der Waals surface area contributed by atoms with Crippen LogP contribution in [0.3, 0.4) is 0 Å². The first-order valence-electron chi connectivity index (χ1n) is 6.52. The lowest BCUT2D eigenvalue weighted by Crippen LogP contribution is -2.47. The van der Waals surface area contributed by atoms with Gasteiger partial charge in [0.05, 0.1) is 18.1 Å². The summed E-state index contributed by atoms with van der Waals surface area (Å²) in [6, 6.07) is 0. The molecule has 1 fully saturated rings. The maximum atomic E-state index is 12.1. The van der Waals surface area contributed by atoms with Gasteiger partial charge in [-0.15, -0.1) is 0 Å². The van der Waals surface area contributed by atoms with Gasteiger partial charge >= 0.3 is 11.9 Å². The van der Waals surface area contributed by atoms with E-state index < -0.39 is 33.1 Å². The highest BCUT2D eigenvalue weighted by Gasteiger charge is 2.56. The van der Waals surface area contributed by atoms with Crippen LogP contribution in [0, 0.1) is 11.3 Å². The number of sulfone groups is 1. The number of ether oxygens (including phenoxy) is 1. The first kappa shape index (κ1) is 16.9. The summed E-state index contributed by atoms with van der Waals surface area (Å²) in [4.78, 5) is 23.8. The third kappa shape index (κ3) is 3.29. The van der Waals surface area contributed by atoms with Crippen LogP contribution in [-0.4, -0.2) is 55.3 Å². The zero-order valence-corrected chi connectivity index (χ0v) is 12.2. The summed E-state index contributed by atoms with van der Waals surface area (Å²) in [5.74, 6) is -3.56. The number of aliphatic hydroxyl groups excluding tert-OH is 1. The lowest BCUT2D eigenvalue weighted by atomic mass is 9.71. The standard InChI is InChI=1S/C12H20O7S/c1-2-19-11(16)12(10(14)15,5-3-6-13)9-4-7-20(17,18)8-9/h9,13H,2-8H2,1H3,(H,14,15). The molecule has 0 saturated carbocycles. The lowest BCUT2D eigenvalue weighted by Gasteiger charge is -2.31. The number of carboxylic acid groups (broad SMARTS) is 1. The molecule has 2 N–H and O–H groups in total. The zero-order chi connectivity index (χ0) is 15.4. The highest BCUT2D eigenvalue weighted by atomic mass is 32.2. The molecular formula is C12H20O7S. The highest BCUT2D eigenvalue weighted by Crippen LogP contribution is 2.41. The van der Waals surface area contributed by atoms with E-state index in [1.807, 2.05) is 0 Å². The van der Waals surface area contributed by atoms with Crippen LogP contribution in [0.2, 0.25) is 0 Å². The first-order valence-corrected chi connectivity index (χ1v) is 8.34. The van der Waals surface area contributed by atoms with Crippen LogP contribution < -0.4 is 0 Å². The number of rotatable bonds is 7. The smallest absolute Gasteiger partial charge is 0.323 e. The van der Waals surface area contributed by atoms with Crippen molar-refractivity contribution in [1.82, 2.24) is 0 Å². The summed E-state index contributed by atoms with van der Waals surface area (Å²) in [5, 5.41) is 18.4. The molecule has 20 heavy (non-hydrogen) atoms. The minimum atomic E-state index is -3.32. The van der Waals surface area contributed by atoms with Crippen molar-refractivity contribution in [3.8, 4) is 0 Å². The van der Waals surface area contributed by atoms with Gasteiger partial charge in [-0.2, -0.15) is 0 Å². The minimum Gasteiger partial charge on any atom is -0.480 e. The second-order valence-electron chi connectivity index (χ2n) is 4.92. The second kappa shape index (κ2) is 6.53. The summed E-state index contributed by atoms with van der Waals surface area (Å²) in [6.45, 7) is 1.31. The topological polar surface area (TPSA) is 118 Å². The summed E-state index contributed by atoms with van der Waals surface area (Å²) >= 11 is 0. The molecule has 0 bridgehead atoms. The maximum absolute atomic E-state index is 12.1. The van der Waals surface area contributed by atoms with Crippen LogP contribution in [-0.2, 0) is 24.2 Å². The van der Waals surface area contributed by atoms with E-state index in [4.69, 9.17) is 9.84 Å². The normalized spacial score (nSPS) is 24.0. The van der Waals surface area contributed by atoms with Crippen LogP contribution >= 0.6 is 0 Å². The fraction of sp³-hybridized carbons (Fsp3) is 0.833. The van der Waals surface area contributed by atoms with Crippen LogP contribution in [0.4, 0.5) is 0 Å². The molecule has 1 saturated heterocycles. The van der Waals surface area contributed by atoms with E-state index in [9.17, 15) is 23.1 Å². The zero-order valence-electron chi connectivity index (χ0n) is 11.4. The van der Waals surface area contributed by atoms with Crippen LogP contribution in [0.25, 0.3) is 0 Å². The monoisotopic (exact) mass is 308 g/mol. The van der Waals surface area contributed by atoms with Gasteiger partial charge in [0.2, 0.25) is 0 Å². The highest BCUT2D eigenvalue weighted by molar-refractivity contribution is 7.91. The quantitative estimate of drug-likeness (QED) is 0.495. The van der Waals surface area contributed by atoms with Crippen molar-refractivity contribution in [3.63, 3.8) is 0 Å². The Balaban J connectivity index is 3.16. The number of carboxylic acids is 1. The van der Waals surface area contributed by atoms with E-state index in [0.29, 0.717) is 0 Å². The van der Waals surface area contributed by atoms with E-state index in [2.05, 4.69) is 0 Å². The van der Waals surface area contributed by atoms with Gasteiger partial charge in [-0.25, -0.2) is 8.42 Å². The Kier molecular flexibility index (Phi) is 5.52. The number of carbonyl (C=O) groups excluding carboxylic acids is 1. The van der Waals surface area contributed by atoms with E-state index in [0.717, 1.165) is 0 Å². The number of hydrogen-bond donors (Lipinski definition) is 2. The van der Waals surface area contributed by atoms with Gasteiger partial charge in [-0.3, -0.25) is 9.59 Å². The Morgan fingerprint density at radius 1 is 1.40 bits per heavy atom. The van der Waals surface area contributed by atoms with Gasteiger partial charge in [0.25, 0.3) is 0 Å². The van der Waals surface area contributed by atoms with Crippen molar-refractivity contribution in [2.24, 2.45) is 11.3 Å². The Hall–Kier alpha value is -1.15. The van der Waals surface area contributed by atoms with Gasteiger partial charge in [0, 0.05) is 12.5 Å². The van der Waals surface area contributed by atoms with Gasteiger partial charge in [0.15, 0.2) is 15.3 Å². The van der Waals surface area contributed by atoms with Crippen molar-refractivity contribution in [2.45, 2.75) is 26.2 Å². The van der Waals surface area contributed by atoms with Crippen molar-refractivity contribution in [3.05, 3.63) is 0 Å². The van der Waals surface area contributed by atoms with Crippen LogP contribution in [0.5, 0.6) is 0 Å². The first-order chi connectivity index (χ1) is 9.30. The van der Waals surface area contributed by atoms with E-state index in [1.165, 1.54) is 0 Å². The van der Waals surface area contributed by atoms with Crippen LogP contribution in [0.15, 0.2) is 0 Å². The maximum Gasteiger partial charge on any atom is 0.323 e. The Morgan fingerprint density at radius 2 is 2.05 bits per heavy atom. The fourth-order valence-electron chi connectivity index (χ4n) is 2.64. The molecule has 0 aromatic rings. The molecule has 1 aliphatic heterocycles. The van der Waals surface area contributed by atoms with Crippen LogP contribution in [0.1, 0.15) is 26.2 Å². The SMILES string of the molecule is CCOC(=O)C(CCCO)(C(=O)O)C1CCS(=O)(=O)C1. The predicted molar refractivity (Wildman–Crippen MR) is 69.8 cm³/mol. The minimum absolute atomic E-state index is 0.0203. The van der Waals surface area contributed by atoms with E-state index >= 15 is 0 Å². The second-order valence-corrected chi connectivity index (χ2v) is 7.15. The predicted octanol–water partition coefficient (Wildman–Crippen LogP) is -0.172. The third-order valence-corrected chi connectivity index (χ3v) is 5.45. The molecule has 116 valence electrons. The summed E-state index contributed by atoms with van der Waals surface area (Å²) in [5.41, 5.74) is -1.89. The fourth-order valence-corrected chi connectivity index (χ4v) is 4.52. The van der Waals surface area contributed by atoms with Gasteiger partial charge < -0.3 is 14.9 Å². The van der Waals surface area contributed by atoms with Crippen molar-refractivity contribution in [2.75, 3.05) is 24.7 Å². The number of carbonyl (C=O) groups is 2. The molecule has 2 atom stereocenters. The molecule has 0 aromatic carbocycles. The Morgan fingerprint density at radius 3 is 2.45 bits per heavy atom. The molecule has 1 rings (SSSR count). The van der Waals surface area contributed by atoms with Gasteiger partial charge in [0.1, 0.15) is 0 Å². The number of hydrogen-bond acceptors (Lipinski definition) is 6. The average Bonchev–Trinajstić information content (AvgIpc) is 2.71. The summed E-state index contributed by atoms with van der Waals surface area (Å²) in [6.07, 6.45) is 0.0956. The van der Waals surface area contributed by atoms with E-state index in [1.54, 1.807) is 6.92 Å². The molecule has 0 spiro atoms. The van der Waals surface area contributed by atoms with E-state index in [-0.39, 0.29) is 44.0 Å². The molecule has 1 heterocycles.